The highest BCUT2D eigenvalue weighted by Crippen LogP contribution is 2.26. The molecule has 0 fully saturated rings. The maximum Gasteiger partial charge on any atom is 0.133 e. The van der Waals surface area contributed by atoms with Crippen LogP contribution < -0.4 is 5.73 Å². The maximum atomic E-state index is 11.4. The maximum absolute atomic E-state index is 11.4. The van der Waals surface area contributed by atoms with Gasteiger partial charge < -0.3 is 5.73 Å². The molecular weight excluding hydrogens is 198 g/mol. The van der Waals surface area contributed by atoms with Gasteiger partial charge in [0.2, 0.25) is 0 Å². The number of Topliss-reactive ketones (excluding diaryl/α,β-unsaturated/α-hetero) is 1. The Balaban J connectivity index is 2.95. The molecule has 2 atom stereocenters. The van der Waals surface area contributed by atoms with Crippen molar-refractivity contribution in [2.75, 3.05) is 0 Å². The molecule has 0 radical (unpaired) electrons. The highest BCUT2D eigenvalue weighted by atomic mass is 16.1. The Morgan fingerprint density at radius 3 is 2.38 bits per heavy atom. The Bertz CT molecular complexity index is 367. The smallest absolute Gasteiger partial charge is 0.133 e. The number of rotatable bonds is 5. The quantitative estimate of drug-likeness (QED) is 0.770. The van der Waals surface area contributed by atoms with Crippen LogP contribution in [0, 0.1) is 5.92 Å². The highest BCUT2D eigenvalue weighted by Gasteiger charge is 2.19. The van der Waals surface area contributed by atoms with E-state index in [1.807, 2.05) is 37.3 Å². The summed E-state index contributed by atoms with van der Waals surface area (Å²) < 4.78 is 0. The summed E-state index contributed by atoms with van der Waals surface area (Å²) in [5.74, 6) is 0.248. The molecule has 0 aromatic heterocycles. The molecule has 0 saturated carbocycles. The van der Waals surface area contributed by atoms with Crippen LogP contribution in [-0.4, -0.2) is 5.78 Å². The van der Waals surface area contributed by atoms with Crippen molar-refractivity contribution in [3.63, 3.8) is 0 Å². The summed E-state index contributed by atoms with van der Waals surface area (Å²) in [6, 6.07) is 8.04. The van der Waals surface area contributed by atoms with Gasteiger partial charge in [-0.05, 0) is 18.1 Å². The number of allylic oxidation sites excluding steroid dienone is 1. The summed E-state index contributed by atoms with van der Waals surface area (Å²) in [7, 11) is 0. The largest absolute Gasteiger partial charge is 0.326 e. The lowest BCUT2D eigenvalue weighted by Crippen LogP contribution is -2.15. The van der Waals surface area contributed by atoms with Gasteiger partial charge in [0, 0.05) is 18.4 Å². The van der Waals surface area contributed by atoms with E-state index in [1.165, 1.54) is 0 Å². The Kier molecular flexibility index (Phi) is 4.44. The molecule has 2 N–H and O–H groups in total. The zero-order valence-electron chi connectivity index (χ0n) is 9.94. The van der Waals surface area contributed by atoms with E-state index in [-0.39, 0.29) is 17.6 Å². The normalized spacial score (nSPS) is 14.2. The summed E-state index contributed by atoms with van der Waals surface area (Å²) in [5, 5.41) is 0. The van der Waals surface area contributed by atoms with Crippen LogP contribution in [0.1, 0.15) is 30.9 Å². The van der Waals surface area contributed by atoms with Gasteiger partial charge in [-0.15, -0.1) is 6.58 Å². The summed E-state index contributed by atoms with van der Waals surface area (Å²) in [5.41, 5.74) is 7.76. The molecule has 0 aliphatic carbocycles. The number of hydrogen-bond acceptors (Lipinski definition) is 2. The first kappa shape index (κ1) is 12.7. The van der Waals surface area contributed by atoms with Crippen molar-refractivity contribution < 1.29 is 4.79 Å². The predicted octanol–water partition coefficient (Wildman–Crippen LogP) is 2.64. The SMILES string of the molecule is C=CC(c1ccc(CN)cc1)C(C)C(C)=O. The van der Waals surface area contributed by atoms with Gasteiger partial charge >= 0.3 is 0 Å². The fourth-order valence-electron chi connectivity index (χ4n) is 1.76. The van der Waals surface area contributed by atoms with Gasteiger partial charge in [-0.25, -0.2) is 0 Å². The molecule has 2 heteroatoms. The van der Waals surface area contributed by atoms with Crippen LogP contribution in [0.4, 0.5) is 0 Å². The summed E-state index contributed by atoms with van der Waals surface area (Å²) in [6.45, 7) is 7.91. The van der Waals surface area contributed by atoms with Gasteiger partial charge in [-0.2, -0.15) is 0 Å². The molecule has 0 aliphatic rings. The number of nitrogens with two attached hydrogens (primary N) is 1. The fraction of sp³-hybridized carbons (Fsp3) is 0.357. The topological polar surface area (TPSA) is 43.1 Å². The Hall–Kier alpha value is -1.41. The van der Waals surface area contributed by atoms with Gasteiger partial charge in [-0.1, -0.05) is 37.3 Å². The van der Waals surface area contributed by atoms with Gasteiger partial charge in [0.1, 0.15) is 5.78 Å². The van der Waals surface area contributed by atoms with Gasteiger partial charge in [-0.3, -0.25) is 4.79 Å². The van der Waals surface area contributed by atoms with Gasteiger partial charge in [0.15, 0.2) is 0 Å². The van der Waals surface area contributed by atoms with Crippen LogP contribution in [0.15, 0.2) is 36.9 Å². The van der Waals surface area contributed by atoms with Crippen molar-refractivity contribution in [1.29, 1.82) is 0 Å². The lowest BCUT2D eigenvalue weighted by Gasteiger charge is -2.18. The minimum absolute atomic E-state index is 0.0266. The van der Waals surface area contributed by atoms with Crippen LogP contribution in [0.25, 0.3) is 0 Å². The van der Waals surface area contributed by atoms with E-state index in [9.17, 15) is 4.79 Å². The number of carbonyl (C=O) groups excluding carboxylic acids is 1. The molecule has 0 heterocycles. The zero-order chi connectivity index (χ0) is 12.1. The molecular formula is C14H19NO. The second-order valence-corrected chi connectivity index (χ2v) is 4.11. The summed E-state index contributed by atoms with van der Waals surface area (Å²) in [6.07, 6.45) is 1.84. The Morgan fingerprint density at radius 1 is 1.44 bits per heavy atom. The van der Waals surface area contributed by atoms with E-state index in [0.29, 0.717) is 6.54 Å². The molecule has 0 bridgehead atoms. The minimum atomic E-state index is -0.0266. The molecule has 0 aliphatic heterocycles. The lowest BCUT2D eigenvalue weighted by atomic mass is 9.85. The number of ketones is 1. The third kappa shape index (κ3) is 2.80. The van der Waals surface area contributed by atoms with E-state index in [4.69, 9.17) is 5.73 Å². The van der Waals surface area contributed by atoms with Crippen molar-refractivity contribution >= 4 is 5.78 Å². The third-order valence-electron chi connectivity index (χ3n) is 3.03. The Labute approximate surface area is 97.2 Å². The van der Waals surface area contributed by atoms with Crippen LogP contribution in [0.2, 0.25) is 0 Å². The first-order chi connectivity index (χ1) is 7.60. The van der Waals surface area contributed by atoms with Crippen molar-refractivity contribution in [2.24, 2.45) is 11.7 Å². The average molecular weight is 217 g/mol. The summed E-state index contributed by atoms with van der Waals surface area (Å²) >= 11 is 0. The third-order valence-corrected chi connectivity index (χ3v) is 3.03. The molecule has 0 spiro atoms. The average Bonchev–Trinajstić information content (AvgIpc) is 2.30. The first-order valence-corrected chi connectivity index (χ1v) is 5.52. The van der Waals surface area contributed by atoms with E-state index in [0.717, 1.165) is 11.1 Å². The van der Waals surface area contributed by atoms with Gasteiger partial charge in [0.25, 0.3) is 0 Å². The molecule has 16 heavy (non-hydrogen) atoms. The second-order valence-electron chi connectivity index (χ2n) is 4.11. The molecule has 2 nitrogen and oxygen atoms in total. The lowest BCUT2D eigenvalue weighted by molar-refractivity contribution is -0.120. The molecule has 2 unspecified atom stereocenters. The van der Waals surface area contributed by atoms with Crippen molar-refractivity contribution in [3.8, 4) is 0 Å². The monoisotopic (exact) mass is 217 g/mol. The van der Waals surface area contributed by atoms with E-state index in [1.54, 1.807) is 6.92 Å². The first-order valence-electron chi connectivity index (χ1n) is 5.52. The van der Waals surface area contributed by atoms with Crippen LogP contribution in [0.5, 0.6) is 0 Å². The fourth-order valence-corrected chi connectivity index (χ4v) is 1.76. The zero-order valence-corrected chi connectivity index (χ0v) is 9.94. The number of benzene rings is 1. The number of carbonyl (C=O) groups is 1. The molecule has 1 rings (SSSR count). The van der Waals surface area contributed by atoms with Crippen LogP contribution in [0.3, 0.4) is 0 Å². The highest BCUT2D eigenvalue weighted by molar-refractivity contribution is 5.79. The van der Waals surface area contributed by atoms with Crippen molar-refractivity contribution in [2.45, 2.75) is 26.3 Å². The van der Waals surface area contributed by atoms with Crippen molar-refractivity contribution in [1.82, 2.24) is 0 Å². The minimum Gasteiger partial charge on any atom is -0.326 e. The molecule has 0 amide bonds. The van der Waals surface area contributed by atoms with E-state index >= 15 is 0 Å². The predicted molar refractivity (Wildman–Crippen MR) is 67.1 cm³/mol. The Morgan fingerprint density at radius 2 is 2.00 bits per heavy atom. The van der Waals surface area contributed by atoms with Crippen LogP contribution in [-0.2, 0) is 11.3 Å². The standard InChI is InChI=1S/C14H19NO/c1-4-14(10(2)11(3)16)13-7-5-12(9-15)6-8-13/h4-8,10,14H,1,9,15H2,2-3H3. The van der Waals surface area contributed by atoms with Crippen LogP contribution >= 0.6 is 0 Å². The number of hydrogen-bond donors (Lipinski definition) is 1. The van der Waals surface area contributed by atoms with E-state index in [2.05, 4.69) is 6.58 Å². The van der Waals surface area contributed by atoms with Gasteiger partial charge in [0.05, 0.1) is 0 Å². The van der Waals surface area contributed by atoms with Crippen molar-refractivity contribution in [3.05, 3.63) is 48.0 Å². The summed E-state index contributed by atoms with van der Waals surface area (Å²) in [4.78, 5) is 11.4. The molecule has 0 saturated heterocycles. The molecule has 1 aromatic carbocycles. The molecule has 1 aromatic rings. The van der Waals surface area contributed by atoms with E-state index < -0.39 is 0 Å². The molecule has 86 valence electrons. The second kappa shape index (κ2) is 5.61.